The van der Waals surface area contributed by atoms with Gasteiger partial charge in [-0.15, -0.1) is 0 Å². The number of nitrogens with two attached hydrogens (primary N) is 1. The van der Waals surface area contributed by atoms with E-state index in [1.165, 1.54) is 0 Å². The molecular weight excluding hydrogens is 242 g/mol. The molecule has 3 rings (SSSR count). The maximum absolute atomic E-state index is 12.5. The molecule has 2 fully saturated rings. The Bertz CT molecular complexity index is 469. The van der Waals surface area contributed by atoms with Gasteiger partial charge in [0.2, 0.25) is 5.91 Å². The van der Waals surface area contributed by atoms with Crippen LogP contribution < -0.4 is 11.1 Å². The van der Waals surface area contributed by atoms with Crippen LogP contribution in [0.1, 0.15) is 25.0 Å². The van der Waals surface area contributed by atoms with Crippen LogP contribution in [0.15, 0.2) is 6.07 Å². The minimum Gasteiger partial charge on any atom is -0.384 e. The monoisotopic (exact) mass is 263 g/mol. The number of aromatic nitrogens is 2. The molecule has 3 heterocycles. The number of carbonyl (C=O) groups is 1. The summed E-state index contributed by atoms with van der Waals surface area (Å²) in [7, 11) is 0. The van der Waals surface area contributed by atoms with E-state index in [1.54, 1.807) is 10.7 Å². The Hall–Kier alpha value is -1.56. The normalized spacial score (nSPS) is 26.5. The van der Waals surface area contributed by atoms with Crippen LogP contribution in [-0.2, 0) is 11.3 Å². The maximum atomic E-state index is 12.5. The second-order valence-electron chi connectivity index (χ2n) is 5.55. The summed E-state index contributed by atoms with van der Waals surface area (Å²) in [5, 5.41) is 7.67. The Morgan fingerprint density at radius 1 is 1.47 bits per heavy atom. The summed E-state index contributed by atoms with van der Waals surface area (Å²) in [6, 6.07) is 2.54. The number of hydrogen-bond donors (Lipinski definition) is 2. The minimum absolute atomic E-state index is 0.144. The Kier molecular flexibility index (Phi) is 3.18. The zero-order valence-corrected chi connectivity index (χ0v) is 11.3. The van der Waals surface area contributed by atoms with Gasteiger partial charge < -0.3 is 16.0 Å². The van der Waals surface area contributed by atoms with Crippen molar-refractivity contribution in [1.29, 1.82) is 0 Å². The van der Waals surface area contributed by atoms with E-state index in [1.807, 2.05) is 6.92 Å². The van der Waals surface area contributed by atoms with Gasteiger partial charge in [-0.2, -0.15) is 5.10 Å². The molecule has 0 radical (unpaired) electrons. The Morgan fingerprint density at radius 3 is 3.00 bits per heavy atom. The molecule has 0 aromatic carbocycles. The molecule has 6 nitrogen and oxygen atoms in total. The molecule has 0 aliphatic carbocycles. The molecule has 2 bridgehead atoms. The van der Waals surface area contributed by atoms with Crippen LogP contribution in [-0.4, -0.2) is 45.8 Å². The van der Waals surface area contributed by atoms with Crippen LogP contribution in [0.3, 0.4) is 0 Å². The van der Waals surface area contributed by atoms with Crippen LogP contribution in [0.2, 0.25) is 0 Å². The van der Waals surface area contributed by atoms with Crippen LogP contribution >= 0.6 is 0 Å². The fraction of sp³-hybridized carbons (Fsp3) is 0.692. The van der Waals surface area contributed by atoms with Crippen molar-refractivity contribution >= 4 is 11.7 Å². The average Bonchev–Trinajstić information content (AvgIpc) is 2.78. The van der Waals surface area contributed by atoms with Gasteiger partial charge in [0.25, 0.3) is 0 Å². The van der Waals surface area contributed by atoms with Gasteiger partial charge in [-0.25, -0.2) is 4.68 Å². The lowest BCUT2D eigenvalue weighted by molar-refractivity contribution is -0.134. The molecule has 1 aromatic heterocycles. The number of hydrogen-bond acceptors (Lipinski definition) is 4. The van der Waals surface area contributed by atoms with E-state index in [9.17, 15) is 4.79 Å². The Morgan fingerprint density at radius 2 is 2.26 bits per heavy atom. The number of amides is 1. The van der Waals surface area contributed by atoms with Gasteiger partial charge in [0, 0.05) is 24.7 Å². The van der Waals surface area contributed by atoms with Gasteiger partial charge in [0.15, 0.2) is 0 Å². The van der Waals surface area contributed by atoms with E-state index in [4.69, 9.17) is 5.73 Å². The highest BCUT2D eigenvalue weighted by molar-refractivity contribution is 5.77. The summed E-state index contributed by atoms with van der Waals surface area (Å²) in [6.45, 7) is 4.06. The summed E-state index contributed by atoms with van der Waals surface area (Å²) in [5.41, 5.74) is 6.70. The first-order valence-corrected chi connectivity index (χ1v) is 6.97. The predicted molar refractivity (Wildman–Crippen MR) is 72.5 cm³/mol. The molecule has 2 atom stereocenters. The third-order valence-corrected chi connectivity index (χ3v) is 4.16. The second-order valence-corrected chi connectivity index (χ2v) is 5.55. The van der Waals surface area contributed by atoms with Gasteiger partial charge in [-0.05, 0) is 32.7 Å². The van der Waals surface area contributed by atoms with Gasteiger partial charge in [-0.1, -0.05) is 0 Å². The standard InChI is InChI=1S/C13H21N5O/c1-9-6-12(14)17(16-9)8-13(19)18-10-2-3-11(18)7-15-5-4-10/h6,10-11,15H,2-5,7-8,14H2,1H3/t10-,11+/m0/s1. The number of nitrogens with zero attached hydrogens (tertiary/aromatic N) is 3. The molecule has 0 spiro atoms. The number of aryl methyl sites for hydroxylation is 1. The number of nitrogens with one attached hydrogen (secondary N) is 1. The number of nitrogen functional groups attached to an aromatic ring is 1. The van der Waals surface area contributed by atoms with Crippen LogP contribution in [0.4, 0.5) is 5.82 Å². The number of anilines is 1. The predicted octanol–water partition coefficient (Wildman–Crippen LogP) is 0.127. The number of fused-ring (bicyclic) bond motifs is 2. The van der Waals surface area contributed by atoms with Crippen LogP contribution in [0, 0.1) is 6.92 Å². The Labute approximate surface area is 112 Å². The van der Waals surface area contributed by atoms with Gasteiger partial charge in [0.1, 0.15) is 12.4 Å². The SMILES string of the molecule is Cc1cc(N)n(CC(=O)N2[C@@H]3CCNC[C@H]2CC3)n1. The molecule has 1 amide bonds. The van der Waals surface area contributed by atoms with Crippen molar-refractivity contribution in [3.05, 3.63) is 11.8 Å². The first kappa shape index (κ1) is 12.5. The fourth-order valence-electron chi connectivity index (χ4n) is 3.29. The van der Waals surface area contributed by atoms with Crippen molar-refractivity contribution in [2.45, 2.75) is 44.8 Å². The molecule has 2 saturated heterocycles. The first-order valence-electron chi connectivity index (χ1n) is 6.97. The Balaban J connectivity index is 1.75. The minimum atomic E-state index is 0.144. The lowest BCUT2D eigenvalue weighted by atomic mass is 10.1. The van der Waals surface area contributed by atoms with E-state index in [0.29, 0.717) is 17.9 Å². The van der Waals surface area contributed by atoms with Crippen molar-refractivity contribution in [2.75, 3.05) is 18.8 Å². The molecule has 0 unspecified atom stereocenters. The zero-order valence-electron chi connectivity index (χ0n) is 11.3. The summed E-state index contributed by atoms with van der Waals surface area (Å²) < 4.78 is 1.61. The highest BCUT2D eigenvalue weighted by atomic mass is 16.2. The molecular formula is C13H21N5O. The highest BCUT2D eigenvalue weighted by Gasteiger charge is 2.37. The second kappa shape index (κ2) is 4.85. The smallest absolute Gasteiger partial charge is 0.244 e. The molecule has 104 valence electrons. The van der Waals surface area contributed by atoms with E-state index in [2.05, 4.69) is 15.3 Å². The van der Waals surface area contributed by atoms with E-state index >= 15 is 0 Å². The third-order valence-electron chi connectivity index (χ3n) is 4.16. The fourth-order valence-corrected chi connectivity index (χ4v) is 3.29. The van der Waals surface area contributed by atoms with Crippen molar-refractivity contribution < 1.29 is 4.79 Å². The summed E-state index contributed by atoms with van der Waals surface area (Å²) in [4.78, 5) is 14.6. The van der Waals surface area contributed by atoms with Crippen molar-refractivity contribution in [1.82, 2.24) is 20.0 Å². The van der Waals surface area contributed by atoms with Crippen LogP contribution in [0.5, 0.6) is 0 Å². The summed E-state index contributed by atoms with van der Waals surface area (Å²) >= 11 is 0. The largest absolute Gasteiger partial charge is 0.384 e. The number of carbonyl (C=O) groups excluding carboxylic acids is 1. The molecule has 6 heteroatoms. The lowest BCUT2D eigenvalue weighted by Crippen LogP contribution is -2.44. The number of rotatable bonds is 2. The maximum Gasteiger partial charge on any atom is 0.244 e. The van der Waals surface area contributed by atoms with Gasteiger partial charge in [-0.3, -0.25) is 4.79 Å². The van der Waals surface area contributed by atoms with Crippen molar-refractivity contribution in [3.8, 4) is 0 Å². The molecule has 1 aromatic rings. The highest BCUT2D eigenvalue weighted by Crippen LogP contribution is 2.28. The van der Waals surface area contributed by atoms with E-state index in [-0.39, 0.29) is 12.5 Å². The van der Waals surface area contributed by atoms with E-state index in [0.717, 1.165) is 38.0 Å². The van der Waals surface area contributed by atoms with Crippen molar-refractivity contribution in [3.63, 3.8) is 0 Å². The third kappa shape index (κ3) is 2.32. The molecule has 2 aliphatic rings. The molecule has 0 saturated carbocycles. The zero-order chi connectivity index (χ0) is 13.4. The quantitative estimate of drug-likeness (QED) is 0.795. The molecule has 19 heavy (non-hydrogen) atoms. The van der Waals surface area contributed by atoms with Crippen molar-refractivity contribution in [2.24, 2.45) is 0 Å². The molecule has 3 N–H and O–H groups in total. The van der Waals surface area contributed by atoms with Gasteiger partial charge in [0.05, 0.1) is 5.69 Å². The topological polar surface area (TPSA) is 76.2 Å². The summed E-state index contributed by atoms with van der Waals surface area (Å²) in [6.07, 6.45) is 3.29. The van der Waals surface area contributed by atoms with E-state index < -0.39 is 0 Å². The summed E-state index contributed by atoms with van der Waals surface area (Å²) in [5.74, 6) is 0.706. The lowest BCUT2D eigenvalue weighted by Gasteiger charge is -2.28. The van der Waals surface area contributed by atoms with Gasteiger partial charge >= 0.3 is 0 Å². The average molecular weight is 263 g/mol. The van der Waals surface area contributed by atoms with Crippen LogP contribution in [0.25, 0.3) is 0 Å². The first-order chi connectivity index (χ1) is 9.15. The molecule has 2 aliphatic heterocycles.